The highest BCUT2D eigenvalue weighted by molar-refractivity contribution is 9.10. The topological polar surface area (TPSA) is 42.7 Å². The zero-order chi connectivity index (χ0) is 12.4. The number of nitrogens with zero attached hydrogens (tertiary/aromatic N) is 1. The van der Waals surface area contributed by atoms with Crippen LogP contribution in [-0.4, -0.2) is 37.1 Å². The van der Waals surface area contributed by atoms with E-state index in [0.717, 1.165) is 18.4 Å². The van der Waals surface area contributed by atoms with Crippen molar-refractivity contribution in [2.75, 3.05) is 20.3 Å². The Morgan fingerprint density at radius 1 is 1.65 bits per heavy atom. The number of ether oxygens (including phenoxy) is 1. The molecule has 1 aliphatic rings. The Bertz CT molecular complexity index is 412. The van der Waals surface area contributed by atoms with E-state index in [4.69, 9.17) is 9.15 Å². The monoisotopic (exact) mass is 301 g/mol. The maximum Gasteiger partial charge on any atom is 0.290 e. The fraction of sp³-hybridized carbons (Fsp3) is 0.583. The highest BCUT2D eigenvalue weighted by Gasteiger charge is 2.34. The summed E-state index contributed by atoms with van der Waals surface area (Å²) in [5.41, 5.74) is 0.866. The number of carbonyl (C=O) groups is 1. The molecule has 4 nitrogen and oxygen atoms in total. The summed E-state index contributed by atoms with van der Waals surface area (Å²) >= 11 is 3.24. The van der Waals surface area contributed by atoms with E-state index in [9.17, 15) is 4.79 Å². The molecule has 1 heterocycles. The average molecular weight is 302 g/mol. The molecule has 17 heavy (non-hydrogen) atoms. The molecular formula is C12H16BrNO3. The lowest BCUT2D eigenvalue weighted by Crippen LogP contribution is -2.35. The fourth-order valence-electron chi connectivity index (χ4n) is 1.81. The van der Waals surface area contributed by atoms with Crippen molar-refractivity contribution in [1.82, 2.24) is 4.90 Å². The largest absolute Gasteiger partial charge is 0.444 e. The highest BCUT2D eigenvalue weighted by atomic mass is 79.9. The summed E-state index contributed by atoms with van der Waals surface area (Å²) in [7, 11) is 1.64. The van der Waals surface area contributed by atoms with E-state index in [1.54, 1.807) is 7.11 Å². The zero-order valence-electron chi connectivity index (χ0n) is 10.0. The third-order valence-corrected chi connectivity index (χ3v) is 3.26. The first-order valence-electron chi connectivity index (χ1n) is 5.69. The summed E-state index contributed by atoms with van der Waals surface area (Å²) in [6.45, 7) is 3.06. The van der Waals surface area contributed by atoms with Crippen LogP contribution >= 0.6 is 15.9 Å². The predicted molar refractivity (Wildman–Crippen MR) is 67.1 cm³/mol. The number of rotatable bonds is 5. The van der Waals surface area contributed by atoms with Crippen LogP contribution in [0.25, 0.3) is 0 Å². The third kappa shape index (κ3) is 2.90. The van der Waals surface area contributed by atoms with E-state index in [1.807, 2.05) is 17.9 Å². The summed E-state index contributed by atoms with van der Waals surface area (Å²) < 4.78 is 11.0. The molecule has 0 radical (unpaired) electrons. The lowest BCUT2D eigenvalue weighted by molar-refractivity contribution is 0.0647. The lowest BCUT2D eigenvalue weighted by atomic mass is 10.2. The van der Waals surface area contributed by atoms with Crippen LogP contribution in [0.15, 0.2) is 15.2 Å². The van der Waals surface area contributed by atoms with E-state index in [1.165, 1.54) is 0 Å². The molecule has 0 saturated heterocycles. The first kappa shape index (κ1) is 12.6. The number of aryl methyl sites for hydroxylation is 1. The van der Waals surface area contributed by atoms with Crippen LogP contribution in [0.1, 0.15) is 29.0 Å². The van der Waals surface area contributed by atoms with E-state index < -0.39 is 0 Å². The molecule has 0 spiro atoms. The Kier molecular flexibility index (Phi) is 3.89. The number of methoxy groups -OCH3 is 1. The van der Waals surface area contributed by atoms with Crippen LogP contribution in [0.5, 0.6) is 0 Å². The molecule has 0 aliphatic heterocycles. The van der Waals surface area contributed by atoms with Gasteiger partial charge in [-0.05, 0) is 41.8 Å². The molecule has 1 aliphatic carbocycles. The molecule has 1 amide bonds. The normalized spacial score (nSPS) is 15.0. The number of furan rings is 1. The van der Waals surface area contributed by atoms with Crippen LogP contribution in [0, 0.1) is 6.92 Å². The molecule has 0 N–H and O–H groups in total. The molecule has 94 valence electrons. The summed E-state index contributed by atoms with van der Waals surface area (Å²) in [5, 5.41) is 0. The van der Waals surface area contributed by atoms with Crippen LogP contribution in [-0.2, 0) is 4.74 Å². The molecule has 0 atom stereocenters. The van der Waals surface area contributed by atoms with Crippen molar-refractivity contribution >= 4 is 21.8 Å². The van der Waals surface area contributed by atoms with Gasteiger partial charge in [-0.25, -0.2) is 0 Å². The minimum Gasteiger partial charge on any atom is -0.444 e. The summed E-state index contributed by atoms with van der Waals surface area (Å²) in [5.74, 6) is 0.396. The first-order chi connectivity index (χ1) is 8.13. The Balaban J connectivity index is 2.12. The minimum atomic E-state index is -0.0345. The van der Waals surface area contributed by atoms with Gasteiger partial charge in [0.2, 0.25) is 0 Å². The maximum atomic E-state index is 12.3. The molecule has 1 saturated carbocycles. The number of halogens is 1. The molecule has 2 rings (SSSR count). The molecule has 0 bridgehead atoms. The van der Waals surface area contributed by atoms with Gasteiger partial charge in [-0.2, -0.15) is 0 Å². The Hall–Kier alpha value is -0.810. The lowest BCUT2D eigenvalue weighted by Gasteiger charge is -2.21. The van der Waals surface area contributed by atoms with Gasteiger partial charge in [0.15, 0.2) is 10.4 Å². The van der Waals surface area contributed by atoms with Crippen molar-refractivity contribution in [2.45, 2.75) is 25.8 Å². The Labute approximate surface area is 109 Å². The second-order valence-corrected chi connectivity index (χ2v) is 5.07. The molecular weight excluding hydrogens is 286 g/mol. The number of hydrogen-bond acceptors (Lipinski definition) is 3. The van der Waals surface area contributed by atoms with Crippen LogP contribution in [0.3, 0.4) is 0 Å². The predicted octanol–water partition coefficient (Wildman–Crippen LogP) is 2.60. The van der Waals surface area contributed by atoms with Crippen molar-refractivity contribution in [3.63, 3.8) is 0 Å². The summed E-state index contributed by atoms with van der Waals surface area (Å²) in [6, 6.07) is 2.18. The molecule has 1 aromatic heterocycles. The van der Waals surface area contributed by atoms with Crippen molar-refractivity contribution in [3.05, 3.63) is 22.1 Å². The van der Waals surface area contributed by atoms with E-state index in [-0.39, 0.29) is 5.91 Å². The molecule has 0 aromatic carbocycles. The molecule has 5 heteroatoms. The van der Waals surface area contributed by atoms with E-state index in [2.05, 4.69) is 15.9 Å². The third-order valence-electron chi connectivity index (χ3n) is 2.87. The number of hydrogen-bond donors (Lipinski definition) is 0. The van der Waals surface area contributed by atoms with Crippen molar-refractivity contribution < 1.29 is 13.9 Å². The number of amides is 1. The van der Waals surface area contributed by atoms with Crippen LogP contribution in [0.4, 0.5) is 0 Å². The van der Waals surface area contributed by atoms with E-state index in [0.29, 0.717) is 29.6 Å². The van der Waals surface area contributed by atoms with Gasteiger partial charge >= 0.3 is 0 Å². The van der Waals surface area contributed by atoms with Crippen molar-refractivity contribution in [2.24, 2.45) is 0 Å². The van der Waals surface area contributed by atoms with Gasteiger partial charge in [-0.1, -0.05) is 0 Å². The van der Waals surface area contributed by atoms with Gasteiger partial charge in [-0.15, -0.1) is 0 Å². The van der Waals surface area contributed by atoms with Crippen LogP contribution < -0.4 is 0 Å². The quantitative estimate of drug-likeness (QED) is 0.839. The molecule has 0 unspecified atom stereocenters. The average Bonchev–Trinajstić information content (AvgIpc) is 3.05. The van der Waals surface area contributed by atoms with Gasteiger partial charge in [0.25, 0.3) is 5.91 Å². The summed E-state index contributed by atoms with van der Waals surface area (Å²) in [4.78, 5) is 14.2. The maximum absolute atomic E-state index is 12.3. The molecule has 1 aromatic rings. The number of carbonyl (C=O) groups excluding carboxylic acids is 1. The Morgan fingerprint density at radius 3 is 2.82 bits per heavy atom. The van der Waals surface area contributed by atoms with Crippen molar-refractivity contribution in [3.8, 4) is 0 Å². The molecule has 1 fully saturated rings. The standard InChI is InChI=1S/C12H16BrNO3/c1-8-7-10(13)17-11(8)12(15)14(5-6-16-2)9-3-4-9/h7,9H,3-6H2,1-2H3. The van der Waals surface area contributed by atoms with Crippen molar-refractivity contribution in [1.29, 1.82) is 0 Å². The van der Waals surface area contributed by atoms with Gasteiger partial charge in [0.05, 0.1) is 6.61 Å². The van der Waals surface area contributed by atoms with Gasteiger partial charge in [-0.3, -0.25) is 4.79 Å². The van der Waals surface area contributed by atoms with E-state index >= 15 is 0 Å². The smallest absolute Gasteiger partial charge is 0.290 e. The van der Waals surface area contributed by atoms with Crippen LogP contribution in [0.2, 0.25) is 0 Å². The zero-order valence-corrected chi connectivity index (χ0v) is 11.6. The van der Waals surface area contributed by atoms with Gasteiger partial charge < -0.3 is 14.1 Å². The minimum absolute atomic E-state index is 0.0345. The summed E-state index contributed by atoms with van der Waals surface area (Å²) in [6.07, 6.45) is 2.16. The van der Waals surface area contributed by atoms with Gasteiger partial charge in [0, 0.05) is 25.3 Å². The first-order valence-corrected chi connectivity index (χ1v) is 6.48. The Morgan fingerprint density at radius 2 is 2.35 bits per heavy atom. The second-order valence-electron chi connectivity index (χ2n) is 4.29. The SMILES string of the molecule is COCCN(C(=O)c1oc(Br)cc1C)C1CC1. The second kappa shape index (κ2) is 5.23. The highest BCUT2D eigenvalue weighted by Crippen LogP contribution is 2.30. The van der Waals surface area contributed by atoms with Gasteiger partial charge in [0.1, 0.15) is 0 Å². The fourth-order valence-corrected chi connectivity index (χ4v) is 2.32.